The number of esters is 1. The molecule has 0 aliphatic rings. The second-order valence-electron chi connectivity index (χ2n) is 5.42. The highest BCUT2D eigenvalue weighted by Gasteiger charge is 2.36. The van der Waals surface area contributed by atoms with E-state index in [0.29, 0.717) is 6.07 Å². The number of aryl methyl sites for hydroxylation is 1. The number of aromatic nitrogens is 1. The van der Waals surface area contributed by atoms with E-state index in [2.05, 4.69) is 14.5 Å². The summed E-state index contributed by atoms with van der Waals surface area (Å²) in [7, 11) is 2.08. The van der Waals surface area contributed by atoms with E-state index in [4.69, 9.17) is 9.47 Å². The maximum Gasteiger partial charge on any atom is 0.573 e. The first-order chi connectivity index (χ1) is 13.4. The predicted octanol–water partition coefficient (Wildman–Crippen LogP) is 4.89. The number of benzene rings is 1. The van der Waals surface area contributed by atoms with Crippen LogP contribution in [0.1, 0.15) is 21.7 Å². The van der Waals surface area contributed by atoms with Crippen molar-refractivity contribution in [1.29, 1.82) is 0 Å². The van der Waals surface area contributed by atoms with Crippen LogP contribution < -0.4 is 14.2 Å². The number of hydrogen-bond donors (Lipinski definition) is 0. The third-order valence-electron chi connectivity index (χ3n) is 3.45. The fraction of sp³-hybridized carbons (Fsp3) is 0.294. The van der Waals surface area contributed by atoms with Crippen LogP contribution in [-0.2, 0) is 10.9 Å². The summed E-state index contributed by atoms with van der Waals surface area (Å²) in [6.07, 6.45) is -9.76. The molecule has 0 saturated heterocycles. The van der Waals surface area contributed by atoms with Gasteiger partial charge < -0.3 is 18.9 Å². The number of alkyl halides is 6. The van der Waals surface area contributed by atoms with Crippen LogP contribution in [0.15, 0.2) is 24.3 Å². The zero-order valence-corrected chi connectivity index (χ0v) is 15.1. The molecule has 12 heteroatoms. The van der Waals surface area contributed by atoms with Crippen molar-refractivity contribution in [2.75, 3.05) is 14.2 Å². The van der Waals surface area contributed by atoms with E-state index in [1.807, 2.05) is 0 Å². The van der Waals surface area contributed by atoms with Gasteiger partial charge in [-0.15, -0.1) is 13.2 Å². The Hall–Kier alpha value is -3.18. The van der Waals surface area contributed by atoms with Gasteiger partial charge in [-0.2, -0.15) is 13.2 Å². The zero-order valence-electron chi connectivity index (χ0n) is 15.1. The molecule has 2 rings (SSSR count). The number of hydrogen-bond acceptors (Lipinski definition) is 6. The molecule has 0 spiro atoms. The van der Waals surface area contributed by atoms with Gasteiger partial charge in [-0.05, 0) is 25.1 Å². The second-order valence-corrected chi connectivity index (χ2v) is 5.42. The molecule has 0 amide bonds. The van der Waals surface area contributed by atoms with Crippen molar-refractivity contribution in [3.05, 3.63) is 41.2 Å². The summed E-state index contributed by atoms with van der Waals surface area (Å²) >= 11 is 0. The third-order valence-corrected chi connectivity index (χ3v) is 3.45. The average Bonchev–Trinajstić information content (AvgIpc) is 2.61. The van der Waals surface area contributed by atoms with Gasteiger partial charge in [0, 0.05) is 6.07 Å². The van der Waals surface area contributed by atoms with Crippen molar-refractivity contribution in [2.45, 2.75) is 19.5 Å². The third kappa shape index (κ3) is 5.42. The van der Waals surface area contributed by atoms with E-state index in [1.165, 1.54) is 0 Å². The Morgan fingerprint density at radius 2 is 1.62 bits per heavy atom. The number of ether oxygens (including phenoxy) is 4. The lowest BCUT2D eigenvalue weighted by Gasteiger charge is -2.17. The van der Waals surface area contributed by atoms with Crippen LogP contribution in [0.2, 0.25) is 0 Å². The molecular weight excluding hydrogens is 412 g/mol. The minimum absolute atomic E-state index is 0.286. The number of halogens is 6. The molecule has 1 aromatic heterocycles. The molecule has 0 aliphatic carbocycles. The van der Waals surface area contributed by atoms with E-state index in [0.717, 1.165) is 39.3 Å². The summed E-state index contributed by atoms with van der Waals surface area (Å²) in [4.78, 5) is 15.5. The Labute approximate surface area is 160 Å². The summed E-state index contributed by atoms with van der Waals surface area (Å²) < 4.78 is 95.0. The van der Waals surface area contributed by atoms with Gasteiger partial charge in [0.25, 0.3) is 0 Å². The molecule has 1 aromatic carbocycles. The van der Waals surface area contributed by atoms with E-state index in [-0.39, 0.29) is 11.5 Å². The molecule has 0 saturated carbocycles. The lowest BCUT2D eigenvalue weighted by atomic mass is 10.1. The molecule has 0 N–H and O–H groups in total. The number of methoxy groups -OCH3 is 2. The largest absolute Gasteiger partial charge is 0.573 e. The highest BCUT2D eigenvalue weighted by molar-refractivity contribution is 5.90. The van der Waals surface area contributed by atoms with Crippen LogP contribution in [-0.4, -0.2) is 31.5 Å². The topological polar surface area (TPSA) is 66.9 Å². The SMILES string of the molecule is COC(=O)c1nc(C)c(C(F)(F)F)cc1Oc1ccc(OC(F)(F)F)cc1OC. The van der Waals surface area contributed by atoms with Gasteiger partial charge in [-0.25, -0.2) is 9.78 Å². The summed E-state index contributed by atoms with van der Waals surface area (Å²) in [5, 5.41) is 0. The van der Waals surface area contributed by atoms with Crippen LogP contribution in [0, 0.1) is 6.92 Å². The lowest BCUT2D eigenvalue weighted by molar-refractivity contribution is -0.274. The number of nitrogens with zero attached hydrogens (tertiary/aromatic N) is 1. The molecule has 0 atom stereocenters. The van der Waals surface area contributed by atoms with Gasteiger partial charge >= 0.3 is 18.5 Å². The average molecular weight is 425 g/mol. The van der Waals surface area contributed by atoms with Crippen molar-refractivity contribution < 1.29 is 50.1 Å². The van der Waals surface area contributed by atoms with Gasteiger partial charge in [0.1, 0.15) is 5.75 Å². The lowest BCUT2D eigenvalue weighted by Crippen LogP contribution is -2.17. The standard InChI is InChI=1S/C17H13F6NO5/c1-8-10(16(18,19)20)7-13(14(24-8)15(25)27-3)28-11-5-4-9(6-12(11)26-2)29-17(21,22)23/h4-7H,1-3H3. The molecule has 0 aliphatic heterocycles. The summed E-state index contributed by atoms with van der Waals surface area (Å²) in [6.45, 7) is 1.04. The highest BCUT2D eigenvalue weighted by Crippen LogP contribution is 2.40. The highest BCUT2D eigenvalue weighted by atomic mass is 19.4. The van der Waals surface area contributed by atoms with Gasteiger partial charge in [0.15, 0.2) is 22.9 Å². The maximum atomic E-state index is 13.2. The molecule has 0 unspecified atom stereocenters. The van der Waals surface area contributed by atoms with E-state index in [9.17, 15) is 31.1 Å². The second kappa shape index (κ2) is 8.05. The Kier molecular flexibility index (Phi) is 6.14. The predicted molar refractivity (Wildman–Crippen MR) is 85.1 cm³/mol. The van der Waals surface area contributed by atoms with Crippen molar-refractivity contribution >= 4 is 5.97 Å². The van der Waals surface area contributed by atoms with Gasteiger partial charge in [0.05, 0.1) is 25.5 Å². The summed E-state index contributed by atoms with van der Waals surface area (Å²) in [5.74, 6) is -2.93. The van der Waals surface area contributed by atoms with Crippen LogP contribution in [0.5, 0.6) is 23.0 Å². The van der Waals surface area contributed by atoms with Gasteiger partial charge in [-0.1, -0.05) is 0 Å². The van der Waals surface area contributed by atoms with Gasteiger partial charge in [0.2, 0.25) is 0 Å². The van der Waals surface area contributed by atoms with Crippen LogP contribution in [0.3, 0.4) is 0 Å². The first kappa shape index (κ1) is 22.1. The monoisotopic (exact) mass is 425 g/mol. The zero-order chi connectivity index (χ0) is 22.0. The summed E-state index contributed by atoms with van der Waals surface area (Å²) in [5.41, 5.74) is -2.22. The Morgan fingerprint density at radius 3 is 2.14 bits per heavy atom. The number of carbonyl (C=O) groups excluding carboxylic acids is 1. The van der Waals surface area contributed by atoms with Crippen molar-refractivity contribution in [1.82, 2.24) is 4.98 Å². The molecule has 6 nitrogen and oxygen atoms in total. The molecule has 158 valence electrons. The molecule has 1 heterocycles. The number of carbonyl (C=O) groups is 1. The Morgan fingerprint density at radius 1 is 0.966 bits per heavy atom. The number of pyridine rings is 1. The maximum absolute atomic E-state index is 13.2. The molecular formula is C17H13F6NO5. The van der Waals surface area contributed by atoms with E-state index >= 15 is 0 Å². The Bertz CT molecular complexity index is 910. The smallest absolute Gasteiger partial charge is 0.493 e. The molecule has 0 fully saturated rings. The van der Waals surface area contributed by atoms with Crippen LogP contribution in [0.25, 0.3) is 0 Å². The first-order valence-corrected chi connectivity index (χ1v) is 7.64. The summed E-state index contributed by atoms with van der Waals surface area (Å²) in [6, 6.07) is 3.17. The van der Waals surface area contributed by atoms with Crippen molar-refractivity contribution in [2.24, 2.45) is 0 Å². The number of rotatable bonds is 5. The molecule has 2 aromatic rings. The minimum atomic E-state index is -4.96. The normalized spacial score (nSPS) is 11.8. The van der Waals surface area contributed by atoms with Crippen LogP contribution in [0.4, 0.5) is 26.3 Å². The fourth-order valence-electron chi connectivity index (χ4n) is 2.24. The molecule has 0 bridgehead atoms. The quantitative estimate of drug-likeness (QED) is 0.502. The van der Waals surface area contributed by atoms with Crippen LogP contribution >= 0.6 is 0 Å². The minimum Gasteiger partial charge on any atom is -0.493 e. The fourth-order valence-corrected chi connectivity index (χ4v) is 2.24. The van der Waals surface area contributed by atoms with Gasteiger partial charge in [-0.3, -0.25) is 0 Å². The molecule has 29 heavy (non-hydrogen) atoms. The Balaban J connectivity index is 2.53. The van der Waals surface area contributed by atoms with E-state index in [1.54, 1.807) is 0 Å². The van der Waals surface area contributed by atoms with Crippen molar-refractivity contribution in [3.63, 3.8) is 0 Å². The van der Waals surface area contributed by atoms with Crippen molar-refractivity contribution in [3.8, 4) is 23.0 Å². The first-order valence-electron chi connectivity index (χ1n) is 7.64. The van der Waals surface area contributed by atoms with E-state index < -0.39 is 47.0 Å². The molecule has 0 radical (unpaired) electrons.